The highest BCUT2D eigenvalue weighted by Gasteiger charge is 2.23. The van der Waals surface area contributed by atoms with E-state index in [0.29, 0.717) is 4.91 Å². The number of aliphatic imine (C=N–C) groups is 1. The van der Waals surface area contributed by atoms with Gasteiger partial charge in [0, 0.05) is 13.1 Å². The lowest BCUT2D eigenvalue weighted by molar-refractivity contribution is -0.113. The molecule has 136 valence electrons. The van der Waals surface area contributed by atoms with Crippen LogP contribution in [0.5, 0.6) is 0 Å². The fraction of sp³-hybridized carbons (Fsp3) is 0.105. The van der Waals surface area contributed by atoms with Crippen LogP contribution in [0.25, 0.3) is 17.1 Å². The number of halogens is 2. The van der Waals surface area contributed by atoms with Gasteiger partial charge in [-0.3, -0.25) is 4.79 Å². The van der Waals surface area contributed by atoms with Crippen molar-refractivity contribution >= 4 is 45.6 Å². The van der Waals surface area contributed by atoms with Gasteiger partial charge in [-0.25, -0.2) is 13.8 Å². The molecule has 5 nitrogen and oxygen atoms in total. The van der Waals surface area contributed by atoms with E-state index in [9.17, 15) is 13.6 Å². The molecule has 0 atom stereocenters. The van der Waals surface area contributed by atoms with Crippen LogP contribution in [0.2, 0.25) is 0 Å². The number of nitrogens with zero attached hydrogens (tertiary/aromatic N) is 3. The third kappa shape index (κ3) is 3.35. The van der Waals surface area contributed by atoms with Crippen molar-refractivity contribution < 1.29 is 13.6 Å². The number of carbonyl (C=O) groups excluding carboxylic acids is 1. The Labute approximate surface area is 157 Å². The third-order valence-corrected chi connectivity index (χ3v) is 5.12. The van der Waals surface area contributed by atoms with Crippen LogP contribution >= 0.6 is 11.8 Å². The molecule has 0 aliphatic carbocycles. The average molecular weight is 384 g/mol. The number of anilines is 1. The molecule has 27 heavy (non-hydrogen) atoms. The van der Waals surface area contributed by atoms with Gasteiger partial charge < -0.3 is 9.88 Å². The molecule has 0 saturated carbocycles. The van der Waals surface area contributed by atoms with E-state index in [2.05, 4.69) is 15.3 Å². The molecule has 0 spiro atoms. The molecule has 0 saturated heterocycles. The van der Waals surface area contributed by atoms with Gasteiger partial charge in [0.05, 0.1) is 21.6 Å². The van der Waals surface area contributed by atoms with Crippen molar-refractivity contribution in [3.05, 3.63) is 64.3 Å². The number of nitrogens with one attached hydrogen (secondary N) is 1. The minimum absolute atomic E-state index is 0.0588. The van der Waals surface area contributed by atoms with Gasteiger partial charge in [-0.05, 0) is 54.6 Å². The summed E-state index contributed by atoms with van der Waals surface area (Å²) in [7, 11) is 1.93. The number of hydrogen-bond acceptors (Lipinski definition) is 4. The predicted molar refractivity (Wildman–Crippen MR) is 103 cm³/mol. The Morgan fingerprint density at radius 1 is 1.19 bits per heavy atom. The number of thioether (sulfide) groups is 1. The second kappa shape index (κ2) is 6.62. The first kappa shape index (κ1) is 17.4. The Hall–Kier alpha value is -3.00. The van der Waals surface area contributed by atoms with E-state index in [1.807, 2.05) is 36.7 Å². The minimum Gasteiger partial charge on any atom is -0.332 e. The Morgan fingerprint density at radius 2 is 2.00 bits per heavy atom. The van der Waals surface area contributed by atoms with Crippen molar-refractivity contribution in [3.63, 3.8) is 0 Å². The van der Waals surface area contributed by atoms with Crippen LogP contribution in [0.3, 0.4) is 0 Å². The second-order valence-corrected chi connectivity index (χ2v) is 7.08. The summed E-state index contributed by atoms with van der Waals surface area (Å²) in [5, 5.41) is 2.96. The summed E-state index contributed by atoms with van der Waals surface area (Å²) >= 11 is 1.10. The SMILES string of the molecule is Cc1nc2ccc(/C=C3\SC(Nc4ccc(F)cc4F)=NC3=O)cc2n1C. The zero-order chi connectivity index (χ0) is 19.1. The monoisotopic (exact) mass is 384 g/mol. The zero-order valence-electron chi connectivity index (χ0n) is 14.5. The first-order valence-electron chi connectivity index (χ1n) is 8.08. The average Bonchev–Trinajstić information content (AvgIpc) is 3.10. The third-order valence-electron chi connectivity index (χ3n) is 4.22. The molecule has 4 rings (SSSR count). The number of benzene rings is 2. The van der Waals surface area contributed by atoms with E-state index < -0.39 is 17.5 Å². The van der Waals surface area contributed by atoms with Crippen LogP contribution in [0.15, 0.2) is 46.3 Å². The molecule has 0 unspecified atom stereocenters. The number of amides is 1. The van der Waals surface area contributed by atoms with Crippen LogP contribution in [0.4, 0.5) is 14.5 Å². The summed E-state index contributed by atoms with van der Waals surface area (Å²) in [5.74, 6) is -0.930. The highest BCUT2D eigenvalue weighted by molar-refractivity contribution is 8.18. The van der Waals surface area contributed by atoms with Gasteiger partial charge in [0.2, 0.25) is 0 Å². The number of aromatic nitrogens is 2. The van der Waals surface area contributed by atoms with Gasteiger partial charge >= 0.3 is 0 Å². The number of amidine groups is 1. The molecule has 1 N–H and O–H groups in total. The maximum atomic E-state index is 13.8. The molecule has 2 heterocycles. The number of aryl methyl sites for hydroxylation is 2. The number of hydrogen-bond donors (Lipinski definition) is 1. The van der Waals surface area contributed by atoms with Gasteiger partial charge in [-0.15, -0.1) is 0 Å². The van der Waals surface area contributed by atoms with E-state index in [1.165, 1.54) is 6.07 Å². The van der Waals surface area contributed by atoms with Gasteiger partial charge in [-0.2, -0.15) is 4.99 Å². The Bertz CT molecular complexity index is 1150. The number of carbonyl (C=O) groups is 1. The molecule has 0 fully saturated rings. The maximum absolute atomic E-state index is 13.8. The van der Waals surface area contributed by atoms with Crippen molar-refractivity contribution in [3.8, 4) is 0 Å². The van der Waals surface area contributed by atoms with E-state index in [0.717, 1.165) is 46.3 Å². The van der Waals surface area contributed by atoms with Gasteiger partial charge in [0.25, 0.3) is 5.91 Å². The van der Waals surface area contributed by atoms with E-state index in [4.69, 9.17) is 0 Å². The lowest BCUT2D eigenvalue weighted by Crippen LogP contribution is -2.06. The lowest BCUT2D eigenvalue weighted by atomic mass is 10.2. The normalized spacial score (nSPS) is 15.6. The Kier molecular flexibility index (Phi) is 4.27. The number of rotatable bonds is 2. The Balaban J connectivity index is 1.57. The van der Waals surface area contributed by atoms with Crippen LogP contribution in [-0.2, 0) is 11.8 Å². The quantitative estimate of drug-likeness (QED) is 0.672. The molecule has 8 heteroatoms. The van der Waals surface area contributed by atoms with Crippen LogP contribution in [0.1, 0.15) is 11.4 Å². The van der Waals surface area contributed by atoms with Gasteiger partial charge in [0.1, 0.15) is 17.5 Å². The predicted octanol–water partition coefficient (Wildman–Crippen LogP) is 4.24. The van der Waals surface area contributed by atoms with E-state index >= 15 is 0 Å². The van der Waals surface area contributed by atoms with Crippen molar-refractivity contribution in [2.45, 2.75) is 6.92 Å². The van der Waals surface area contributed by atoms with Crippen molar-refractivity contribution in [1.29, 1.82) is 0 Å². The first-order valence-corrected chi connectivity index (χ1v) is 8.90. The van der Waals surface area contributed by atoms with Gasteiger partial charge in [0.15, 0.2) is 5.17 Å². The van der Waals surface area contributed by atoms with Crippen LogP contribution in [-0.4, -0.2) is 20.6 Å². The van der Waals surface area contributed by atoms with Crippen molar-refractivity contribution in [2.24, 2.45) is 12.0 Å². The summed E-state index contributed by atoms with van der Waals surface area (Å²) < 4.78 is 28.7. The highest BCUT2D eigenvalue weighted by atomic mass is 32.2. The molecular weight excluding hydrogens is 370 g/mol. The summed E-state index contributed by atoms with van der Waals surface area (Å²) in [6.07, 6.45) is 1.73. The Morgan fingerprint density at radius 3 is 2.78 bits per heavy atom. The molecule has 0 bridgehead atoms. The summed E-state index contributed by atoms with van der Waals surface area (Å²) in [6.45, 7) is 1.93. The van der Waals surface area contributed by atoms with Crippen LogP contribution in [0, 0.1) is 18.6 Å². The van der Waals surface area contributed by atoms with E-state index in [-0.39, 0.29) is 10.9 Å². The molecule has 3 aromatic rings. The van der Waals surface area contributed by atoms with Gasteiger partial charge in [-0.1, -0.05) is 6.07 Å². The minimum atomic E-state index is -0.750. The number of imidazole rings is 1. The topological polar surface area (TPSA) is 59.3 Å². The van der Waals surface area contributed by atoms with Crippen molar-refractivity contribution in [2.75, 3.05) is 5.32 Å². The standard InChI is InChI=1S/C19H14F2N4OS/c1-10-22-15-5-3-11(7-16(15)25(10)2)8-17-18(26)24-19(27-17)23-14-6-4-12(20)9-13(14)21/h3-9H,1-2H3,(H,23,24,26)/b17-8-. The van der Waals surface area contributed by atoms with Crippen LogP contribution < -0.4 is 5.32 Å². The lowest BCUT2D eigenvalue weighted by Gasteiger charge is -2.05. The fourth-order valence-electron chi connectivity index (χ4n) is 2.74. The molecule has 0 radical (unpaired) electrons. The zero-order valence-corrected chi connectivity index (χ0v) is 15.3. The fourth-order valence-corrected chi connectivity index (χ4v) is 3.56. The molecule has 1 amide bonds. The summed E-state index contributed by atoms with van der Waals surface area (Å²) in [6, 6.07) is 8.88. The van der Waals surface area contributed by atoms with Crippen molar-refractivity contribution in [1.82, 2.24) is 9.55 Å². The maximum Gasteiger partial charge on any atom is 0.286 e. The first-order chi connectivity index (χ1) is 12.9. The smallest absolute Gasteiger partial charge is 0.286 e. The molecule has 1 aromatic heterocycles. The highest BCUT2D eigenvalue weighted by Crippen LogP contribution is 2.30. The summed E-state index contributed by atoms with van der Waals surface area (Å²) in [4.78, 5) is 20.9. The van der Waals surface area contributed by atoms with E-state index in [1.54, 1.807) is 6.08 Å². The molecular formula is C19H14F2N4OS. The second-order valence-electron chi connectivity index (χ2n) is 6.05. The summed E-state index contributed by atoms with van der Waals surface area (Å²) in [5.41, 5.74) is 2.74. The molecule has 1 aliphatic heterocycles. The largest absolute Gasteiger partial charge is 0.332 e. The molecule has 2 aromatic carbocycles. The number of fused-ring (bicyclic) bond motifs is 1. The molecule has 1 aliphatic rings.